The Morgan fingerprint density at radius 3 is 2.00 bits per heavy atom. The van der Waals surface area contributed by atoms with E-state index in [1.54, 1.807) is 34.6 Å². The number of alkyl carbamates (subject to hydrolysis) is 1. The lowest BCUT2D eigenvalue weighted by atomic mass is 9.99. The van der Waals surface area contributed by atoms with Crippen LogP contribution >= 0.6 is 0 Å². The molecule has 0 aromatic heterocycles. The van der Waals surface area contributed by atoms with Crippen LogP contribution in [-0.4, -0.2) is 53.5 Å². The molecule has 0 bridgehead atoms. The molecule has 39 heavy (non-hydrogen) atoms. The van der Waals surface area contributed by atoms with Gasteiger partial charge in [-0.05, 0) is 51.0 Å². The molecule has 0 saturated heterocycles. The topological polar surface area (TPSA) is 166 Å². The Hall–Kier alpha value is -3.63. The van der Waals surface area contributed by atoms with Gasteiger partial charge in [0, 0.05) is 6.42 Å². The van der Waals surface area contributed by atoms with E-state index in [4.69, 9.17) is 15.2 Å². The van der Waals surface area contributed by atoms with E-state index in [2.05, 4.69) is 16.0 Å². The molecule has 5 N–H and O–H groups in total. The van der Waals surface area contributed by atoms with Gasteiger partial charge in [-0.2, -0.15) is 0 Å². The predicted molar refractivity (Wildman–Crippen MR) is 146 cm³/mol. The van der Waals surface area contributed by atoms with Gasteiger partial charge in [0.2, 0.25) is 17.7 Å². The molecule has 11 nitrogen and oxygen atoms in total. The number of primary amides is 1. The van der Waals surface area contributed by atoms with E-state index in [0.29, 0.717) is 6.42 Å². The quantitative estimate of drug-likeness (QED) is 0.259. The van der Waals surface area contributed by atoms with E-state index in [-0.39, 0.29) is 31.3 Å². The van der Waals surface area contributed by atoms with Gasteiger partial charge in [0.25, 0.3) is 0 Å². The molecule has 4 amide bonds. The molecule has 0 heterocycles. The number of ether oxygens (including phenoxy) is 2. The summed E-state index contributed by atoms with van der Waals surface area (Å²) in [5, 5.41) is 7.74. The summed E-state index contributed by atoms with van der Waals surface area (Å²) in [4.78, 5) is 62.9. The number of amides is 4. The van der Waals surface area contributed by atoms with E-state index in [1.807, 2.05) is 44.2 Å². The van der Waals surface area contributed by atoms with Gasteiger partial charge >= 0.3 is 12.1 Å². The molecule has 0 aliphatic rings. The normalized spacial score (nSPS) is 13.7. The second kappa shape index (κ2) is 15.7. The summed E-state index contributed by atoms with van der Waals surface area (Å²) in [6.45, 7) is 12.3. The molecule has 1 aromatic rings. The van der Waals surface area contributed by atoms with Crippen LogP contribution in [0.3, 0.4) is 0 Å². The number of nitrogens with one attached hydrogen (secondary N) is 3. The third-order valence-corrected chi connectivity index (χ3v) is 5.50. The zero-order valence-corrected chi connectivity index (χ0v) is 24.0. The van der Waals surface area contributed by atoms with Gasteiger partial charge in [-0.1, -0.05) is 58.0 Å². The highest BCUT2D eigenvalue weighted by Crippen LogP contribution is 2.11. The summed E-state index contributed by atoms with van der Waals surface area (Å²) in [7, 11) is 0. The highest BCUT2D eigenvalue weighted by Gasteiger charge is 2.32. The predicted octanol–water partition coefficient (Wildman–Crippen LogP) is 2.56. The Balaban J connectivity index is 2.95. The standard InChI is InChI=1S/C28H44N4O7/c1-17(2)15-21(24(29)34)30-26(36)23(18(3)4)32-25(35)20(31-27(37)39-28(5,6)7)13-14-22(33)38-16-19-11-9-8-10-12-19/h8-12,17-18,20-21,23H,13-16H2,1-7H3,(H2,29,34)(H,30,36)(H,31,37)(H,32,35)/t20-,21+,23+/m1/s1. The van der Waals surface area contributed by atoms with Crippen molar-refractivity contribution in [2.24, 2.45) is 17.6 Å². The second-order valence-corrected chi connectivity index (χ2v) is 11.2. The van der Waals surface area contributed by atoms with Crippen LogP contribution < -0.4 is 21.7 Å². The van der Waals surface area contributed by atoms with Crippen LogP contribution in [0.5, 0.6) is 0 Å². The van der Waals surface area contributed by atoms with Gasteiger partial charge in [-0.25, -0.2) is 4.79 Å². The summed E-state index contributed by atoms with van der Waals surface area (Å²) in [6, 6.07) is 6.00. The number of benzene rings is 1. The van der Waals surface area contributed by atoms with E-state index < -0.39 is 53.5 Å². The molecule has 0 saturated carbocycles. The average Bonchev–Trinajstić information content (AvgIpc) is 2.82. The number of rotatable bonds is 14. The number of hydrogen-bond donors (Lipinski definition) is 4. The molecule has 0 radical (unpaired) electrons. The number of esters is 1. The number of hydrogen-bond acceptors (Lipinski definition) is 7. The van der Waals surface area contributed by atoms with Gasteiger partial charge in [-0.3, -0.25) is 19.2 Å². The van der Waals surface area contributed by atoms with Gasteiger partial charge in [0.1, 0.15) is 30.3 Å². The molecule has 0 unspecified atom stereocenters. The first-order valence-corrected chi connectivity index (χ1v) is 13.2. The summed E-state index contributed by atoms with van der Waals surface area (Å²) in [5.74, 6) is -2.77. The fraction of sp³-hybridized carbons (Fsp3) is 0.607. The molecular formula is C28H44N4O7. The molecule has 0 aliphatic carbocycles. The smallest absolute Gasteiger partial charge is 0.408 e. The van der Waals surface area contributed by atoms with Gasteiger partial charge in [0.15, 0.2) is 0 Å². The van der Waals surface area contributed by atoms with Gasteiger partial charge in [0.05, 0.1) is 0 Å². The first kappa shape index (κ1) is 33.4. The monoisotopic (exact) mass is 548 g/mol. The minimum absolute atomic E-state index is 0.0725. The van der Waals surface area contributed by atoms with Crippen molar-refractivity contribution >= 4 is 29.8 Å². The molecule has 0 aliphatic heterocycles. The van der Waals surface area contributed by atoms with Crippen molar-refractivity contribution in [3.63, 3.8) is 0 Å². The first-order valence-electron chi connectivity index (χ1n) is 13.2. The van der Waals surface area contributed by atoms with Crippen molar-refractivity contribution in [3.05, 3.63) is 35.9 Å². The van der Waals surface area contributed by atoms with Crippen LogP contribution in [-0.2, 0) is 35.3 Å². The van der Waals surface area contributed by atoms with E-state index in [9.17, 15) is 24.0 Å². The molecule has 0 fully saturated rings. The lowest BCUT2D eigenvalue weighted by Crippen LogP contribution is -2.58. The lowest BCUT2D eigenvalue weighted by molar-refractivity contribution is -0.145. The summed E-state index contributed by atoms with van der Waals surface area (Å²) in [5.41, 5.74) is 5.44. The van der Waals surface area contributed by atoms with Crippen LogP contribution in [0.4, 0.5) is 4.79 Å². The van der Waals surface area contributed by atoms with Gasteiger partial charge in [-0.15, -0.1) is 0 Å². The fourth-order valence-electron chi connectivity index (χ4n) is 3.56. The van der Waals surface area contributed by atoms with Crippen LogP contribution in [0.2, 0.25) is 0 Å². The third-order valence-electron chi connectivity index (χ3n) is 5.50. The maximum atomic E-state index is 13.2. The summed E-state index contributed by atoms with van der Waals surface area (Å²) >= 11 is 0. The molecule has 11 heteroatoms. The van der Waals surface area contributed by atoms with Crippen LogP contribution in [0.15, 0.2) is 30.3 Å². The molecule has 1 rings (SSSR count). The van der Waals surface area contributed by atoms with Crippen LogP contribution in [0.25, 0.3) is 0 Å². The Bertz CT molecular complexity index is 974. The Labute approximate surface area is 230 Å². The zero-order valence-electron chi connectivity index (χ0n) is 24.0. The fourth-order valence-corrected chi connectivity index (χ4v) is 3.56. The minimum atomic E-state index is -1.19. The SMILES string of the molecule is CC(C)C[C@H](NC(=O)[C@@H](NC(=O)[C@@H](CCC(=O)OCc1ccccc1)NC(=O)OC(C)(C)C)C(C)C)C(N)=O. The second-order valence-electron chi connectivity index (χ2n) is 11.2. The van der Waals surface area contributed by atoms with E-state index in [0.717, 1.165) is 5.56 Å². The maximum absolute atomic E-state index is 13.2. The van der Waals surface area contributed by atoms with Crippen molar-refractivity contribution in [1.29, 1.82) is 0 Å². The van der Waals surface area contributed by atoms with Crippen LogP contribution in [0, 0.1) is 11.8 Å². The average molecular weight is 549 g/mol. The molecule has 218 valence electrons. The van der Waals surface area contributed by atoms with Crippen molar-refractivity contribution < 1.29 is 33.4 Å². The largest absolute Gasteiger partial charge is 0.461 e. The number of carbonyl (C=O) groups is 5. The molecule has 1 aromatic carbocycles. The summed E-state index contributed by atoms with van der Waals surface area (Å²) in [6.07, 6.45) is -0.773. The van der Waals surface area contributed by atoms with Crippen molar-refractivity contribution in [3.8, 4) is 0 Å². The van der Waals surface area contributed by atoms with Crippen molar-refractivity contribution in [2.75, 3.05) is 0 Å². The molecule has 0 spiro atoms. The highest BCUT2D eigenvalue weighted by atomic mass is 16.6. The number of nitrogens with two attached hydrogens (primary N) is 1. The van der Waals surface area contributed by atoms with E-state index >= 15 is 0 Å². The summed E-state index contributed by atoms with van der Waals surface area (Å²) < 4.78 is 10.5. The van der Waals surface area contributed by atoms with Crippen LogP contribution in [0.1, 0.15) is 73.3 Å². The Morgan fingerprint density at radius 1 is 0.872 bits per heavy atom. The Kier molecular flexibility index (Phi) is 13.4. The molecular weight excluding hydrogens is 504 g/mol. The van der Waals surface area contributed by atoms with Crippen molar-refractivity contribution in [1.82, 2.24) is 16.0 Å². The Morgan fingerprint density at radius 2 is 1.49 bits per heavy atom. The first-order chi connectivity index (χ1) is 18.1. The van der Waals surface area contributed by atoms with Crippen molar-refractivity contribution in [2.45, 2.75) is 98.1 Å². The highest BCUT2D eigenvalue weighted by molar-refractivity contribution is 5.93. The maximum Gasteiger partial charge on any atom is 0.408 e. The lowest BCUT2D eigenvalue weighted by Gasteiger charge is -2.28. The number of carbonyl (C=O) groups excluding carboxylic acids is 5. The van der Waals surface area contributed by atoms with E-state index in [1.165, 1.54) is 0 Å². The van der Waals surface area contributed by atoms with Gasteiger partial charge < -0.3 is 31.2 Å². The minimum Gasteiger partial charge on any atom is -0.461 e. The molecule has 3 atom stereocenters. The zero-order chi connectivity index (χ0) is 29.8. The third kappa shape index (κ3) is 13.6.